The fourth-order valence-electron chi connectivity index (χ4n) is 4.87. The lowest BCUT2D eigenvalue weighted by molar-refractivity contribution is -0.147. The normalized spacial score (nSPS) is 17.3. The van der Waals surface area contributed by atoms with Crippen LogP contribution in [0.5, 0.6) is 0 Å². The Hall–Kier alpha value is -3.24. The molecule has 0 radical (unpaired) electrons. The predicted octanol–water partition coefficient (Wildman–Crippen LogP) is 5.39. The van der Waals surface area contributed by atoms with Crippen molar-refractivity contribution in [2.45, 2.75) is 56.7 Å². The number of hydrogen-bond donors (Lipinski definition) is 4. The molecule has 0 aromatic heterocycles. The van der Waals surface area contributed by atoms with Gasteiger partial charge in [-0.25, -0.2) is 4.79 Å². The van der Waals surface area contributed by atoms with Gasteiger partial charge in [0.25, 0.3) is 5.91 Å². The van der Waals surface area contributed by atoms with E-state index in [9.17, 15) is 19.5 Å². The monoisotopic (exact) mass is 628 g/mol. The number of carbonyl (C=O) groups excluding carboxylic acids is 3. The van der Waals surface area contributed by atoms with Gasteiger partial charge in [0.15, 0.2) is 6.10 Å². The number of aliphatic hydroxyl groups excluding tert-OH is 1. The number of aryl methyl sites for hydroxylation is 1. The van der Waals surface area contributed by atoms with E-state index < -0.39 is 34.9 Å². The molecular formula is C31H34Cl2N4O4S. The molecule has 3 aromatic carbocycles. The van der Waals surface area contributed by atoms with Crippen LogP contribution in [0.4, 0.5) is 10.5 Å². The molecule has 0 bridgehead atoms. The Bertz CT molecular complexity index is 1440. The third-order valence-electron chi connectivity index (χ3n) is 7.22. The summed E-state index contributed by atoms with van der Waals surface area (Å²) in [5.74, 6) is -0.742. The molecule has 4 rings (SSSR count). The van der Waals surface area contributed by atoms with Crippen LogP contribution < -0.4 is 16.0 Å². The molecule has 0 aliphatic carbocycles. The maximum Gasteiger partial charge on any atom is 0.319 e. The van der Waals surface area contributed by atoms with Gasteiger partial charge in [-0.2, -0.15) is 0 Å². The fourth-order valence-corrected chi connectivity index (χ4v) is 6.35. The quantitative estimate of drug-likeness (QED) is 0.254. The maximum absolute atomic E-state index is 13.8. The number of nitrogens with zero attached hydrogens (tertiary/aromatic N) is 1. The van der Waals surface area contributed by atoms with Crippen LogP contribution in [0.25, 0.3) is 0 Å². The summed E-state index contributed by atoms with van der Waals surface area (Å²) in [4.78, 5) is 41.7. The highest BCUT2D eigenvalue weighted by atomic mass is 35.5. The van der Waals surface area contributed by atoms with Gasteiger partial charge in [-0.3, -0.25) is 9.59 Å². The van der Waals surface area contributed by atoms with Crippen molar-refractivity contribution in [2.24, 2.45) is 0 Å². The van der Waals surface area contributed by atoms with Crippen LogP contribution >= 0.6 is 35.0 Å². The molecule has 42 heavy (non-hydrogen) atoms. The van der Waals surface area contributed by atoms with Gasteiger partial charge >= 0.3 is 6.03 Å². The zero-order chi connectivity index (χ0) is 30.4. The number of thioether (sulfide) groups is 1. The van der Waals surface area contributed by atoms with E-state index in [2.05, 4.69) is 16.0 Å². The summed E-state index contributed by atoms with van der Waals surface area (Å²) in [5, 5.41) is 20.4. The molecule has 4 N–H and O–H groups in total. The van der Waals surface area contributed by atoms with E-state index in [1.165, 1.54) is 22.7 Å². The largest absolute Gasteiger partial charge is 0.381 e. The maximum atomic E-state index is 13.8. The molecule has 1 aliphatic rings. The highest BCUT2D eigenvalue weighted by Crippen LogP contribution is 2.40. The Labute approximate surface area is 260 Å². The average molecular weight is 630 g/mol. The zero-order valence-electron chi connectivity index (χ0n) is 23.6. The molecule has 1 heterocycles. The molecule has 0 saturated carbocycles. The lowest BCUT2D eigenvalue weighted by Crippen LogP contribution is -2.59. The van der Waals surface area contributed by atoms with Gasteiger partial charge in [0.2, 0.25) is 5.91 Å². The topological polar surface area (TPSA) is 111 Å². The van der Waals surface area contributed by atoms with Crippen LogP contribution in [0.15, 0.2) is 72.8 Å². The standard InChI is InChI=1S/C31H34Cl2N4O4S/c1-19-9-7-8-12-21(19)17-34-28(39)27-31(2,3)42-18-37(27)29(40)26(38)25(15-20-10-5-4-6-11-20)36-30(41)35-24-16-22(32)13-14-23(24)33/h4-14,16,25-27,38H,15,17-18H2,1-3H3,(H,34,39)(H2,35,36,41)/t25-,26-,27+/m0/s1. The highest BCUT2D eigenvalue weighted by molar-refractivity contribution is 8.00. The first-order chi connectivity index (χ1) is 20.0. The number of nitrogens with one attached hydrogen (secondary N) is 3. The van der Waals surface area contributed by atoms with E-state index in [4.69, 9.17) is 23.2 Å². The summed E-state index contributed by atoms with van der Waals surface area (Å²) < 4.78 is -0.603. The second kappa shape index (κ2) is 13.8. The Morgan fingerprint density at radius 3 is 2.45 bits per heavy atom. The third-order valence-corrected chi connectivity index (χ3v) is 9.16. The lowest BCUT2D eigenvalue weighted by Gasteiger charge is -2.33. The number of carbonyl (C=O) groups is 3. The Balaban J connectivity index is 1.52. The SMILES string of the molecule is Cc1ccccc1CNC(=O)[C@H]1N(C(=O)[C@@H](O)[C@H](Cc2ccccc2)NC(=O)Nc2cc(Cl)ccc2Cl)CSC1(C)C. The Morgan fingerprint density at radius 2 is 1.74 bits per heavy atom. The van der Waals surface area contributed by atoms with Crippen LogP contribution in [-0.2, 0) is 22.6 Å². The summed E-state index contributed by atoms with van der Waals surface area (Å²) in [7, 11) is 0. The second-order valence-electron chi connectivity index (χ2n) is 10.7. The van der Waals surface area contributed by atoms with E-state index in [0.717, 1.165) is 16.7 Å². The van der Waals surface area contributed by atoms with Crippen molar-refractivity contribution in [3.8, 4) is 0 Å². The molecule has 1 aliphatic heterocycles. The predicted molar refractivity (Wildman–Crippen MR) is 169 cm³/mol. The molecule has 4 amide bonds. The molecule has 3 atom stereocenters. The van der Waals surface area contributed by atoms with E-state index in [-0.39, 0.29) is 28.9 Å². The van der Waals surface area contributed by atoms with Crippen LogP contribution in [0.3, 0.4) is 0 Å². The molecular weight excluding hydrogens is 595 g/mol. The highest BCUT2D eigenvalue weighted by Gasteiger charge is 2.49. The molecule has 0 unspecified atom stereocenters. The molecule has 11 heteroatoms. The van der Waals surface area contributed by atoms with Crippen molar-refractivity contribution in [3.05, 3.63) is 99.5 Å². The summed E-state index contributed by atoms with van der Waals surface area (Å²) in [6.45, 7) is 6.09. The van der Waals surface area contributed by atoms with Crippen LogP contribution in [-0.4, -0.2) is 56.7 Å². The lowest BCUT2D eigenvalue weighted by atomic mass is 9.97. The van der Waals surface area contributed by atoms with Crippen molar-refractivity contribution in [1.29, 1.82) is 0 Å². The number of benzene rings is 3. The number of amides is 4. The molecule has 1 saturated heterocycles. The van der Waals surface area contributed by atoms with Crippen molar-refractivity contribution in [2.75, 3.05) is 11.2 Å². The third kappa shape index (κ3) is 7.77. The van der Waals surface area contributed by atoms with E-state index in [1.807, 2.05) is 75.4 Å². The van der Waals surface area contributed by atoms with Crippen molar-refractivity contribution in [3.63, 3.8) is 0 Å². The van der Waals surface area contributed by atoms with Crippen LogP contribution in [0, 0.1) is 6.92 Å². The smallest absolute Gasteiger partial charge is 0.319 e. The fraction of sp³-hybridized carbons (Fsp3) is 0.323. The molecule has 8 nitrogen and oxygen atoms in total. The number of halogens is 2. The minimum Gasteiger partial charge on any atom is -0.381 e. The first-order valence-electron chi connectivity index (χ1n) is 13.5. The summed E-state index contributed by atoms with van der Waals surface area (Å²) in [5.41, 5.74) is 3.11. The average Bonchev–Trinajstić information content (AvgIpc) is 3.28. The first-order valence-corrected chi connectivity index (χ1v) is 15.2. The molecule has 222 valence electrons. The Morgan fingerprint density at radius 1 is 1.05 bits per heavy atom. The number of aliphatic hydroxyl groups is 1. The van der Waals surface area contributed by atoms with E-state index in [1.54, 1.807) is 12.1 Å². The van der Waals surface area contributed by atoms with Crippen LogP contribution in [0.2, 0.25) is 10.0 Å². The minimum absolute atomic E-state index is 0.166. The van der Waals surface area contributed by atoms with Gasteiger partial charge in [0.1, 0.15) is 6.04 Å². The summed E-state index contributed by atoms with van der Waals surface area (Å²) >= 11 is 13.7. The van der Waals surface area contributed by atoms with Crippen molar-refractivity contribution < 1.29 is 19.5 Å². The molecule has 1 fully saturated rings. The number of urea groups is 1. The molecule has 0 spiro atoms. The number of hydrogen-bond acceptors (Lipinski definition) is 5. The second-order valence-corrected chi connectivity index (χ2v) is 13.1. The first kappa shape index (κ1) is 31.7. The Kier molecular flexibility index (Phi) is 10.4. The van der Waals surface area contributed by atoms with Gasteiger partial charge in [-0.05, 0) is 62.1 Å². The van der Waals surface area contributed by atoms with Crippen molar-refractivity contribution >= 4 is 58.5 Å². The number of rotatable bonds is 9. The van der Waals surface area contributed by atoms with Crippen molar-refractivity contribution in [1.82, 2.24) is 15.5 Å². The van der Waals surface area contributed by atoms with E-state index in [0.29, 0.717) is 11.6 Å². The number of anilines is 1. The summed E-state index contributed by atoms with van der Waals surface area (Å²) in [6, 6.07) is 19.1. The molecule has 3 aromatic rings. The van der Waals surface area contributed by atoms with Gasteiger partial charge in [-0.1, -0.05) is 77.8 Å². The van der Waals surface area contributed by atoms with Gasteiger partial charge in [-0.15, -0.1) is 11.8 Å². The van der Waals surface area contributed by atoms with Crippen LogP contribution in [0.1, 0.15) is 30.5 Å². The van der Waals surface area contributed by atoms with Gasteiger partial charge in [0.05, 0.1) is 22.6 Å². The minimum atomic E-state index is -1.63. The van der Waals surface area contributed by atoms with Gasteiger partial charge < -0.3 is 26.0 Å². The zero-order valence-corrected chi connectivity index (χ0v) is 25.9. The van der Waals surface area contributed by atoms with Gasteiger partial charge in [0, 0.05) is 16.3 Å². The van der Waals surface area contributed by atoms with E-state index >= 15 is 0 Å². The summed E-state index contributed by atoms with van der Waals surface area (Å²) in [6.07, 6.45) is -1.47.